The number of hydrogen-bond donors (Lipinski definition) is 1. The molecule has 3 fully saturated rings. The summed E-state index contributed by atoms with van der Waals surface area (Å²) in [7, 11) is 2.12. The van der Waals surface area contributed by atoms with Gasteiger partial charge >= 0.3 is 0 Å². The highest BCUT2D eigenvalue weighted by Crippen LogP contribution is 2.38. The van der Waals surface area contributed by atoms with Crippen molar-refractivity contribution in [1.29, 1.82) is 0 Å². The highest BCUT2D eigenvalue weighted by molar-refractivity contribution is 4.89. The number of rotatable bonds is 2. The van der Waals surface area contributed by atoms with Gasteiger partial charge in [-0.2, -0.15) is 0 Å². The second kappa shape index (κ2) is 5.92. The SMILES string of the molecule is CNC1CCC(N2CCC3CCCCC3C2)CC1. The third kappa shape index (κ3) is 2.75. The van der Waals surface area contributed by atoms with Gasteiger partial charge in [-0.1, -0.05) is 19.3 Å². The van der Waals surface area contributed by atoms with Crippen LogP contribution in [0.3, 0.4) is 0 Å². The maximum atomic E-state index is 3.45. The molecule has 0 aromatic carbocycles. The van der Waals surface area contributed by atoms with Crippen molar-refractivity contribution in [2.45, 2.75) is 69.9 Å². The molecule has 2 nitrogen and oxygen atoms in total. The van der Waals surface area contributed by atoms with Gasteiger partial charge < -0.3 is 10.2 Å². The molecular weight excluding hydrogens is 220 g/mol. The van der Waals surface area contributed by atoms with Gasteiger partial charge in [-0.25, -0.2) is 0 Å². The molecule has 0 spiro atoms. The Morgan fingerprint density at radius 1 is 0.833 bits per heavy atom. The van der Waals surface area contributed by atoms with E-state index in [1.54, 1.807) is 0 Å². The second-order valence-corrected chi connectivity index (χ2v) is 6.88. The lowest BCUT2D eigenvalue weighted by Crippen LogP contribution is -2.49. The number of fused-ring (bicyclic) bond motifs is 1. The van der Waals surface area contributed by atoms with Crippen LogP contribution < -0.4 is 5.32 Å². The van der Waals surface area contributed by atoms with Gasteiger partial charge in [0.05, 0.1) is 0 Å². The number of likely N-dealkylation sites (tertiary alicyclic amines) is 1. The number of nitrogens with one attached hydrogen (secondary N) is 1. The van der Waals surface area contributed by atoms with Crippen molar-refractivity contribution in [2.24, 2.45) is 11.8 Å². The van der Waals surface area contributed by atoms with Gasteiger partial charge in [0, 0.05) is 18.6 Å². The summed E-state index contributed by atoms with van der Waals surface area (Å²) >= 11 is 0. The van der Waals surface area contributed by atoms with Crippen LogP contribution in [0.5, 0.6) is 0 Å². The molecule has 1 aliphatic heterocycles. The molecule has 1 N–H and O–H groups in total. The van der Waals surface area contributed by atoms with Crippen LogP contribution in [-0.4, -0.2) is 37.1 Å². The van der Waals surface area contributed by atoms with Crippen LogP contribution in [0.25, 0.3) is 0 Å². The normalized spacial score (nSPS) is 42.5. The molecule has 0 radical (unpaired) electrons. The molecule has 2 saturated carbocycles. The minimum atomic E-state index is 0.800. The Balaban J connectivity index is 1.51. The smallest absolute Gasteiger partial charge is 0.00965 e. The molecule has 0 aromatic heterocycles. The van der Waals surface area contributed by atoms with Crippen LogP contribution in [0.4, 0.5) is 0 Å². The van der Waals surface area contributed by atoms with Gasteiger partial charge in [-0.15, -0.1) is 0 Å². The lowest BCUT2D eigenvalue weighted by Gasteiger charge is -2.46. The van der Waals surface area contributed by atoms with Gasteiger partial charge in [0.15, 0.2) is 0 Å². The predicted octanol–water partition coefficient (Wildman–Crippen LogP) is 3.03. The van der Waals surface area contributed by atoms with Gasteiger partial charge in [0.25, 0.3) is 0 Å². The fourth-order valence-electron chi connectivity index (χ4n) is 4.69. The van der Waals surface area contributed by atoms with Crippen molar-refractivity contribution in [3.63, 3.8) is 0 Å². The Labute approximate surface area is 113 Å². The summed E-state index contributed by atoms with van der Waals surface area (Å²) in [6.45, 7) is 2.83. The summed E-state index contributed by atoms with van der Waals surface area (Å²) in [6.07, 6.45) is 13.2. The fraction of sp³-hybridized carbons (Fsp3) is 1.00. The highest BCUT2D eigenvalue weighted by Gasteiger charge is 2.34. The molecule has 0 amide bonds. The van der Waals surface area contributed by atoms with Crippen LogP contribution in [0.2, 0.25) is 0 Å². The number of hydrogen-bond acceptors (Lipinski definition) is 2. The van der Waals surface area contributed by atoms with Crippen LogP contribution in [-0.2, 0) is 0 Å². The molecule has 18 heavy (non-hydrogen) atoms. The lowest BCUT2D eigenvalue weighted by molar-refractivity contribution is 0.0411. The van der Waals surface area contributed by atoms with E-state index in [2.05, 4.69) is 17.3 Å². The van der Waals surface area contributed by atoms with Crippen molar-refractivity contribution in [3.05, 3.63) is 0 Å². The standard InChI is InChI=1S/C16H30N2/c1-17-15-6-8-16(9-7-15)18-11-10-13-4-2-3-5-14(13)12-18/h13-17H,2-12H2,1H3. The maximum Gasteiger partial charge on any atom is 0.00965 e. The minimum Gasteiger partial charge on any atom is -0.317 e. The van der Waals surface area contributed by atoms with E-state index < -0.39 is 0 Å². The third-order valence-electron chi connectivity index (χ3n) is 5.94. The summed E-state index contributed by atoms with van der Waals surface area (Å²) in [5.74, 6) is 2.14. The zero-order valence-corrected chi connectivity index (χ0v) is 12.0. The summed E-state index contributed by atoms with van der Waals surface area (Å²) in [4.78, 5) is 2.86. The van der Waals surface area contributed by atoms with E-state index in [4.69, 9.17) is 0 Å². The lowest BCUT2D eigenvalue weighted by atomic mass is 9.74. The molecule has 0 aromatic rings. The molecule has 0 bridgehead atoms. The summed E-state index contributed by atoms with van der Waals surface area (Å²) in [5, 5.41) is 3.45. The van der Waals surface area contributed by atoms with E-state index in [9.17, 15) is 0 Å². The Bertz CT molecular complexity index is 258. The zero-order valence-electron chi connectivity index (χ0n) is 12.0. The minimum absolute atomic E-state index is 0.800. The van der Waals surface area contributed by atoms with E-state index in [0.29, 0.717) is 0 Å². The van der Waals surface area contributed by atoms with E-state index >= 15 is 0 Å². The molecule has 2 heteroatoms. The van der Waals surface area contributed by atoms with Crippen LogP contribution in [0.15, 0.2) is 0 Å². The fourth-order valence-corrected chi connectivity index (χ4v) is 4.69. The zero-order chi connectivity index (χ0) is 12.4. The van der Waals surface area contributed by atoms with E-state index in [-0.39, 0.29) is 0 Å². The molecule has 3 aliphatic rings. The quantitative estimate of drug-likeness (QED) is 0.810. The molecule has 2 unspecified atom stereocenters. The Morgan fingerprint density at radius 2 is 1.56 bits per heavy atom. The largest absolute Gasteiger partial charge is 0.317 e. The Kier molecular flexibility index (Phi) is 4.25. The van der Waals surface area contributed by atoms with Crippen LogP contribution in [0.1, 0.15) is 57.8 Å². The molecule has 1 saturated heterocycles. The van der Waals surface area contributed by atoms with Crippen LogP contribution in [0, 0.1) is 11.8 Å². The number of nitrogens with zero attached hydrogens (tertiary/aromatic N) is 1. The first-order valence-electron chi connectivity index (χ1n) is 8.28. The van der Waals surface area contributed by atoms with Crippen molar-refractivity contribution in [1.82, 2.24) is 10.2 Å². The molecule has 1 heterocycles. The molecule has 104 valence electrons. The number of piperidine rings is 1. The van der Waals surface area contributed by atoms with E-state index in [1.165, 1.54) is 70.9 Å². The van der Waals surface area contributed by atoms with Gasteiger partial charge in [-0.3, -0.25) is 0 Å². The van der Waals surface area contributed by atoms with E-state index in [0.717, 1.165) is 23.9 Å². The molecule has 2 aliphatic carbocycles. The van der Waals surface area contributed by atoms with E-state index in [1.807, 2.05) is 0 Å². The first kappa shape index (κ1) is 12.9. The van der Waals surface area contributed by atoms with Crippen molar-refractivity contribution in [2.75, 3.05) is 20.1 Å². The van der Waals surface area contributed by atoms with Crippen molar-refractivity contribution in [3.8, 4) is 0 Å². The van der Waals surface area contributed by atoms with Crippen molar-refractivity contribution >= 4 is 0 Å². The van der Waals surface area contributed by atoms with Gasteiger partial charge in [0.2, 0.25) is 0 Å². The average molecular weight is 250 g/mol. The van der Waals surface area contributed by atoms with Gasteiger partial charge in [0.1, 0.15) is 0 Å². The molecule has 3 rings (SSSR count). The Morgan fingerprint density at radius 3 is 2.28 bits per heavy atom. The average Bonchev–Trinajstić information content (AvgIpc) is 2.47. The topological polar surface area (TPSA) is 15.3 Å². The van der Waals surface area contributed by atoms with Crippen molar-refractivity contribution < 1.29 is 0 Å². The predicted molar refractivity (Wildman–Crippen MR) is 76.7 cm³/mol. The Hall–Kier alpha value is -0.0800. The molecule has 2 atom stereocenters. The summed E-state index contributed by atoms with van der Waals surface area (Å²) in [6, 6.07) is 1.71. The first-order valence-corrected chi connectivity index (χ1v) is 8.28. The molecular formula is C16H30N2. The highest BCUT2D eigenvalue weighted by atomic mass is 15.2. The summed E-state index contributed by atoms with van der Waals surface area (Å²) < 4.78 is 0. The third-order valence-corrected chi connectivity index (χ3v) is 5.94. The van der Waals surface area contributed by atoms with Gasteiger partial charge in [-0.05, 0) is 64.0 Å². The maximum absolute atomic E-state index is 3.45. The first-order chi connectivity index (χ1) is 8.86. The summed E-state index contributed by atoms with van der Waals surface area (Å²) in [5.41, 5.74) is 0. The monoisotopic (exact) mass is 250 g/mol. The second-order valence-electron chi connectivity index (χ2n) is 6.88. The van der Waals surface area contributed by atoms with Crippen LogP contribution >= 0.6 is 0 Å².